The maximum atomic E-state index is 8.73. The van der Waals surface area contributed by atoms with Gasteiger partial charge in [0.15, 0.2) is 0 Å². The molecule has 2 nitrogen and oxygen atoms in total. The third-order valence-corrected chi connectivity index (χ3v) is 2.79. The predicted molar refractivity (Wildman–Crippen MR) is 54.2 cm³/mol. The Hall–Kier alpha value is -0.550. The van der Waals surface area contributed by atoms with Crippen molar-refractivity contribution in [3.8, 4) is 6.07 Å². The van der Waals surface area contributed by atoms with Gasteiger partial charge >= 0.3 is 0 Å². The van der Waals surface area contributed by atoms with Crippen LogP contribution in [0.2, 0.25) is 0 Å². The molecule has 0 atom stereocenters. The van der Waals surface area contributed by atoms with Crippen LogP contribution in [-0.2, 0) is 0 Å². The maximum absolute atomic E-state index is 8.73. The zero-order valence-corrected chi connectivity index (χ0v) is 8.79. The van der Waals surface area contributed by atoms with Crippen LogP contribution in [0.15, 0.2) is 0 Å². The molecule has 0 unspecified atom stereocenters. The zero-order valence-electron chi connectivity index (χ0n) is 8.79. The molecule has 1 aliphatic rings. The van der Waals surface area contributed by atoms with Crippen LogP contribution in [0.25, 0.3) is 0 Å². The van der Waals surface area contributed by atoms with Gasteiger partial charge in [-0.2, -0.15) is 5.26 Å². The average molecular weight is 180 g/mol. The van der Waals surface area contributed by atoms with E-state index in [0.717, 1.165) is 31.8 Å². The largest absolute Gasteiger partial charge is 0.303 e. The summed E-state index contributed by atoms with van der Waals surface area (Å²) in [6.45, 7) is 8.01. The summed E-state index contributed by atoms with van der Waals surface area (Å²) in [6, 6.07) is 2.36. The molecule has 0 spiro atoms. The van der Waals surface area contributed by atoms with E-state index in [1.165, 1.54) is 13.0 Å². The second-order valence-electron chi connectivity index (χ2n) is 4.43. The van der Waals surface area contributed by atoms with Gasteiger partial charge in [-0.3, -0.25) is 0 Å². The Kier molecular flexibility index (Phi) is 4.24. The molecule has 0 radical (unpaired) electrons. The first-order valence-corrected chi connectivity index (χ1v) is 5.34. The van der Waals surface area contributed by atoms with Gasteiger partial charge in [0.1, 0.15) is 0 Å². The van der Waals surface area contributed by atoms with Gasteiger partial charge in [0.2, 0.25) is 0 Å². The fourth-order valence-corrected chi connectivity index (χ4v) is 1.73. The first kappa shape index (κ1) is 10.5. The summed E-state index contributed by atoms with van der Waals surface area (Å²) in [4.78, 5) is 2.49. The van der Waals surface area contributed by atoms with Crippen molar-refractivity contribution in [1.29, 1.82) is 5.26 Å². The van der Waals surface area contributed by atoms with Gasteiger partial charge in [-0.05, 0) is 44.8 Å². The Balaban J connectivity index is 2.15. The Morgan fingerprint density at radius 1 is 1.38 bits per heavy atom. The summed E-state index contributed by atoms with van der Waals surface area (Å²) < 4.78 is 0. The highest BCUT2D eigenvalue weighted by molar-refractivity contribution is 4.87. The lowest BCUT2D eigenvalue weighted by molar-refractivity contribution is 0.196. The molecular weight excluding hydrogens is 160 g/mol. The van der Waals surface area contributed by atoms with Gasteiger partial charge in [-0.15, -0.1) is 0 Å². The normalized spacial score (nSPS) is 20.5. The van der Waals surface area contributed by atoms with Crippen LogP contribution >= 0.6 is 0 Å². The molecule has 0 aromatic rings. The van der Waals surface area contributed by atoms with Crippen molar-refractivity contribution in [1.82, 2.24) is 4.90 Å². The number of hydrogen-bond acceptors (Lipinski definition) is 2. The van der Waals surface area contributed by atoms with E-state index in [-0.39, 0.29) is 0 Å². The van der Waals surface area contributed by atoms with E-state index in [9.17, 15) is 0 Å². The summed E-state index contributed by atoms with van der Waals surface area (Å²) >= 11 is 0. The van der Waals surface area contributed by atoms with E-state index in [1.54, 1.807) is 0 Å². The van der Waals surface area contributed by atoms with Crippen molar-refractivity contribution in [3.63, 3.8) is 0 Å². The molecule has 74 valence electrons. The minimum Gasteiger partial charge on any atom is -0.303 e. The maximum Gasteiger partial charge on any atom is 0.0656 e. The van der Waals surface area contributed by atoms with Crippen molar-refractivity contribution in [2.45, 2.75) is 33.1 Å². The van der Waals surface area contributed by atoms with E-state index in [4.69, 9.17) is 5.26 Å². The Bertz CT molecular complexity index is 173. The third kappa shape index (κ3) is 3.78. The van der Waals surface area contributed by atoms with E-state index < -0.39 is 0 Å². The molecule has 0 aliphatic carbocycles. The number of piperidine rings is 1. The van der Waals surface area contributed by atoms with Crippen molar-refractivity contribution in [2.24, 2.45) is 11.8 Å². The fraction of sp³-hybridized carbons (Fsp3) is 0.909. The number of nitrogens with zero attached hydrogens (tertiary/aromatic N) is 2. The van der Waals surface area contributed by atoms with Gasteiger partial charge in [0.05, 0.1) is 6.07 Å². The fourth-order valence-electron chi connectivity index (χ4n) is 1.73. The van der Waals surface area contributed by atoms with Gasteiger partial charge in [-0.1, -0.05) is 13.8 Å². The van der Waals surface area contributed by atoms with Crippen molar-refractivity contribution in [3.05, 3.63) is 0 Å². The van der Waals surface area contributed by atoms with Crippen molar-refractivity contribution >= 4 is 0 Å². The molecule has 0 saturated carbocycles. The molecule has 13 heavy (non-hydrogen) atoms. The highest BCUT2D eigenvalue weighted by Gasteiger charge is 2.17. The van der Waals surface area contributed by atoms with Crippen molar-refractivity contribution < 1.29 is 0 Å². The molecular formula is C11H20N2. The first-order chi connectivity index (χ1) is 6.22. The minimum atomic E-state index is 0.329. The van der Waals surface area contributed by atoms with Crippen LogP contribution < -0.4 is 0 Å². The molecule has 1 heterocycles. The lowest BCUT2D eigenvalue weighted by Gasteiger charge is -2.29. The van der Waals surface area contributed by atoms with Crippen LogP contribution in [0.1, 0.15) is 33.1 Å². The number of rotatable bonds is 3. The summed E-state index contributed by atoms with van der Waals surface area (Å²) in [7, 11) is 0. The van der Waals surface area contributed by atoms with E-state index in [1.807, 2.05) is 0 Å². The molecule has 0 aromatic carbocycles. The van der Waals surface area contributed by atoms with Crippen LogP contribution in [0.4, 0.5) is 0 Å². The van der Waals surface area contributed by atoms with Gasteiger partial charge in [0, 0.05) is 5.92 Å². The Morgan fingerprint density at radius 3 is 2.46 bits per heavy atom. The third-order valence-electron chi connectivity index (χ3n) is 2.79. The average Bonchev–Trinajstić information content (AvgIpc) is 2.15. The molecule has 0 bridgehead atoms. The number of nitriles is 1. The van der Waals surface area contributed by atoms with Crippen LogP contribution in [-0.4, -0.2) is 24.5 Å². The van der Waals surface area contributed by atoms with Crippen LogP contribution in [0, 0.1) is 23.2 Å². The number of hydrogen-bond donors (Lipinski definition) is 0. The Labute approximate surface area is 81.5 Å². The second-order valence-corrected chi connectivity index (χ2v) is 4.43. The predicted octanol–water partition coefficient (Wildman–Crippen LogP) is 2.27. The monoisotopic (exact) mass is 180 g/mol. The molecule has 1 saturated heterocycles. The molecule has 0 aromatic heterocycles. The molecule has 0 amide bonds. The molecule has 0 N–H and O–H groups in total. The van der Waals surface area contributed by atoms with Crippen molar-refractivity contribution in [2.75, 3.05) is 19.6 Å². The minimum absolute atomic E-state index is 0.329. The summed E-state index contributed by atoms with van der Waals surface area (Å²) in [6.07, 6.45) is 3.44. The topological polar surface area (TPSA) is 27.0 Å². The molecule has 2 heteroatoms. The lowest BCUT2D eigenvalue weighted by Crippen LogP contribution is -2.34. The van der Waals surface area contributed by atoms with E-state index in [2.05, 4.69) is 24.8 Å². The smallest absolute Gasteiger partial charge is 0.0656 e. The van der Waals surface area contributed by atoms with Gasteiger partial charge < -0.3 is 4.90 Å². The number of likely N-dealkylation sites (tertiary alicyclic amines) is 1. The lowest BCUT2D eigenvalue weighted by atomic mass is 9.98. The van der Waals surface area contributed by atoms with E-state index in [0.29, 0.717) is 5.92 Å². The van der Waals surface area contributed by atoms with Crippen LogP contribution in [0.3, 0.4) is 0 Å². The molecule has 1 aliphatic heterocycles. The highest BCUT2D eigenvalue weighted by Crippen LogP contribution is 2.16. The second kappa shape index (κ2) is 5.24. The summed E-state index contributed by atoms with van der Waals surface area (Å²) in [5.41, 5.74) is 0. The summed E-state index contributed by atoms with van der Waals surface area (Å²) in [5, 5.41) is 8.73. The van der Waals surface area contributed by atoms with Gasteiger partial charge in [0.25, 0.3) is 0 Å². The summed E-state index contributed by atoms with van der Waals surface area (Å²) in [5.74, 6) is 1.13. The standard InChI is InChI=1S/C11H20N2/c1-10(2)3-6-13-7-4-11(9-12)5-8-13/h10-11H,3-8H2,1-2H3. The molecule has 1 rings (SSSR count). The SMILES string of the molecule is CC(C)CCN1CCC(C#N)CC1. The van der Waals surface area contributed by atoms with Crippen LogP contribution in [0.5, 0.6) is 0 Å². The van der Waals surface area contributed by atoms with E-state index >= 15 is 0 Å². The van der Waals surface area contributed by atoms with Gasteiger partial charge in [-0.25, -0.2) is 0 Å². The zero-order chi connectivity index (χ0) is 9.68. The Morgan fingerprint density at radius 2 is 2.00 bits per heavy atom. The molecule has 1 fully saturated rings. The quantitative estimate of drug-likeness (QED) is 0.666. The first-order valence-electron chi connectivity index (χ1n) is 5.34. The highest BCUT2D eigenvalue weighted by atomic mass is 15.1.